The lowest BCUT2D eigenvalue weighted by molar-refractivity contribution is 0.124. The molecule has 1 N–H and O–H groups in total. The lowest BCUT2D eigenvalue weighted by Crippen LogP contribution is -2.64. The van der Waals surface area contributed by atoms with Crippen LogP contribution in [-0.4, -0.2) is 40.7 Å². The number of rotatable bonds is 0. The summed E-state index contributed by atoms with van der Waals surface area (Å²) in [7, 11) is 2.22. The maximum absolute atomic E-state index is 5.74. The van der Waals surface area contributed by atoms with Crippen molar-refractivity contribution < 1.29 is 0 Å². The maximum atomic E-state index is 5.74. The second-order valence-electron chi connectivity index (χ2n) is 7.13. The fourth-order valence-corrected chi connectivity index (χ4v) is 5.29. The standard InChI is InChI=1S/C16H25N3S/c1-18-10-12-6-5-7-13-14(12)19(11-18)15(20)17-16(13)8-3-2-4-9-16/h12H,2-11H2,1H3,(H,17,20). The predicted octanol–water partition coefficient (Wildman–Crippen LogP) is 2.84. The van der Waals surface area contributed by atoms with E-state index in [1.165, 1.54) is 57.9 Å². The third kappa shape index (κ3) is 1.84. The van der Waals surface area contributed by atoms with Gasteiger partial charge in [-0.05, 0) is 56.9 Å². The van der Waals surface area contributed by atoms with Gasteiger partial charge in [0.25, 0.3) is 0 Å². The number of hydrogen-bond acceptors (Lipinski definition) is 2. The summed E-state index contributed by atoms with van der Waals surface area (Å²) in [6, 6.07) is 0. The molecule has 3 nitrogen and oxygen atoms in total. The molecule has 0 bridgehead atoms. The zero-order valence-corrected chi connectivity index (χ0v) is 13.3. The second kappa shape index (κ2) is 4.70. The first kappa shape index (κ1) is 13.1. The van der Waals surface area contributed by atoms with Crippen molar-refractivity contribution in [1.29, 1.82) is 0 Å². The van der Waals surface area contributed by atoms with Gasteiger partial charge in [-0.2, -0.15) is 0 Å². The topological polar surface area (TPSA) is 18.5 Å². The van der Waals surface area contributed by atoms with Crippen molar-refractivity contribution in [3.8, 4) is 0 Å². The number of nitrogens with zero attached hydrogens (tertiary/aromatic N) is 2. The Morgan fingerprint density at radius 1 is 1.20 bits per heavy atom. The third-order valence-electron chi connectivity index (χ3n) is 5.76. The van der Waals surface area contributed by atoms with Crippen molar-refractivity contribution in [3.05, 3.63) is 11.3 Å². The molecule has 4 heteroatoms. The summed E-state index contributed by atoms with van der Waals surface area (Å²) in [5, 5.41) is 4.77. The van der Waals surface area contributed by atoms with Gasteiger partial charge in [0.05, 0.1) is 12.2 Å². The third-order valence-corrected chi connectivity index (χ3v) is 6.08. The van der Waals surface area contributed by atoms with Crippen LogP contribution in [0.15, 0.2) is 11.3 Å². The lowest BCUT2D eigenvalue weighted by atomic mass is 9.68. The zero-order valence-electron chi connectivity index (χ0n) is 12.5. The predicted molar refractivity (Wildman–Crippen MR) is 85.3 cm³/mol. The average molecular weight is 291 g/mol. The van der Waals surface area contributed by atoms with E-state index in [9.17, 15) is 0 Å². The molecule has 2 heterocycles. The van der Waals surface area contributed by atoms with Crippen LogP contribution in [0.25, 0.3) is 0 Å². The molecule has 2 fully saturated rings. The molecule has 1 atom stereocenters. The maximum Gasteiger partial charge on any atom is 0.175 e. The second-order valence-corrected chi connectivity index (χ2v) is 7.52. The lowest BCUT2D eigenvalue weighted by Gasteiger charge is -2.55. The fourth-order valence-electron chi connectivity index (χ4n) is 4.94. The van der Waals surface area contributed by atoms with Gasteiger partial charge >= 0.3 is 0 Å². The Balaban J connectivity index is 1.81. The number of thiocarbonyl (C=S) groups is 1. The zero-order chi connectivity index (χ0) is 13.7. The van der Waals surface area contributed by atoms with Crippen molar-refractivity contribution in [3.63, 3.8) is 0 Å². The van der Waals surface area contributed by atoms with Gasteiger partial charge in [-0.3, -0.25) is 4.90 Å². The van der Waals surface area contributed by atoms with Crippen LogP contribution in [0.1, 0.15) is 51.4 Å². The Kier molecular flexibility index (Phi) is 3.08. The van der Waals surface area contributed by atoms with Crippen molar-refractivity contribution >= 4 is 17.3 Å². The van der Waals surface area contributed by atoms with E-state index < -0.39 is 0 Å². The molecule has 0 aromatic heterocycles. The van der Waals surface area contributed by atoms with E-state index in [1.807, 2.05) is 0 Å². The molecule has 2 aliphatic heterocycles. The molecule has 4 rings (SSSR count). The van der Waals surface area contributed by atoms with E-state index in [2.05, 4.69) is 22.2 Å². The van der Waals surface area contributed by atoms with Gasteiger partial charge in [0.2, 0.25) is 0 Å². The van der Waals surface area contributed by atoms with Crippen LogP contribution in [0.4, 0.5) is 0 Å². The quantitative estimate of drug-likeness (QED) is 0.692. The van der Waals surface area contributed by atoms with Crippen LogP contribution < -0.4 is 5.32 Å². The summed E-state index contributed by atoms with van der Waals surface area (Å²) in [6.45, 7) is 2.19. The Bertz CT molecular complexity index is 464. The van der Waals surface area contributed by atoms with Crippen molar-refractivity contribution in [2.75, 3.05) is 20.3 Å². The molecule has 0 aromatic rings. The first-order valence-corrected chi connectivity index (χ1v) is 8.62. The molecular formula is C16H25N3S. The molecule has 0 amide bonds. The first-order valence-electron chi connectivity index (χ1n) is 8.21. The molecule has 1 saturated carbocycles. The molecule has 1 spiro atoms. The van der Waals surface area contributed by atoms with Crippen molar-refractivity contribution in [2.45, 2.75) is 56.9 Å². The molecule has 2 aliphatic carbocycles. The number of hydrogen-bond donors (Lipinski definition) is 1. The SMILES string of the molecule is CN1CC2CCCC3=C2N(C1)C(=S)NC31CCCCC1. The summed E-state index contributed by atoms with van der Waals surface area (Å²) in [5.74, 6) is 0.719. The fraction of sp³-hybridized carbons (Fsp3) is 0.812. The van der Waals surface area contributed by atoms with E-state index in [1.54, 1.807) is 11.3 Å². The molecular weight excluding hydrogens is 266 g/mol. The highest BCUT2D eigenvalue weighted by atomic mass is 32.1. The summed E-state index contributed by atoms with van der Waals surface area (Å²) >= 11 is 5.74. The van der Waals surface area contributed by atoms with Gasteiger partial charge in [-0.25, -0.2) is 0 Å². The van der Waals surface area contributed by atoms with Gasteiger partial charge < -0.3 is 10.2 Å². The van der Waals surface area contributed by atoms with Crippen LogP contribution >= 0.6 is 12.2 Å². The molecule has 1 saturated heterocycles. The van der Waals surface area contributed by atoms with E-state index in [0.29, 0.717) is 0 Å². The molecule has 110 valence electrons. The minimum absolute atomic E-state index is 0.232. The van der Waals surface area contributed by atoms with Crippen LogP contribution in [-0.2, 0) is 0 Å². The van der Waals surface area contributed by atoms with Gasteiger partial charge in [-0.15, -0.1) is 0 Å². The monoisotopic (exact) mass is 291 g/mol. The molecule has 0 aromatic carbocycles. The van der Waals surface area contributed by atoms with E-state index >= 15 is 0 Å². The minimum atomic E-state index is 0.232. The number of nitrogens with one attached hydrogen (secondary N) is 1. The normalized spacial score (nSPS) is 33.1. The Morgan fingerprint density at radius 3 is 2.80 bits per heavy atom. The van der Waals surface area contributed by atoms with E-state index in [0.717, 1.165) is 17.7 Å². The molecule has 1 unspecified atom stereocenters. The van der Waals surface area contributed by atoms with Gasteiger partial charge in [0.15, 0.2) is 5.11 Å². The highest BCUT2D eigenvalue weighted by molar-refractivity contribution is 7.80. The highest BCUT2D eigenvalue weighted by Crippen LogP contribution is 2.47. The van der Waals surface area contributed by atoms with Crippen LogP contribution in [0.5, 0.6) is 0 Å². The molecule has 0 radical (unpaired) electrons. The largest absolute Gasteiger partial charge is 0.353 e. The van der Waals surface area contributed by atoms with Gasteiger partial charge in [0.1, 0.15) is 0 Å². The summed E-state index contributed by atoms with van der Waals surface area (Å²) in [4.78, 5) is 4.82. The Hall–Kier alpha value is -0.610. The smallest absolute Gasteiger partial charge is 0.175 e. The van der Waals surface area contributed by atoms with Crippen LogP contribution in [0, 0.1) is 5.92 Å². The van der Waals surface area contributed by atoms with Gasteiger partial charge in [-0.1, -0.05) is 19.3 Å². The highest BCUT2D eigenvalue weighted by Gasteiger charge is 2.47. The van der Waals surface area contributed by atoms with Gasteiger partial charge in [0, 0.05) is 18.2 Å². The number of fused-ring (bicyclic) bond motifs is 1. The first-order chi connectivity index (χ1) is 9.70. The molecule has 4 aliphatic rings. The summed E-state index contributed by atoms with van der Waals surface area (Å²) in [5.41, 5.74) is 3.59. The van der Waals surface area contributed by atoms with E-state index in [-0.39, 0.29) is 5.54 Å². The van der Waals surface area contributed by atoms with E-state index in [4.69, 9.17) is 12.2 Å². The molecule has 20 heavy (non-hydrogen) atoms. The van der Waals surface area contributed by atoms with Crippen LogP contribution in [0.3, 0.4) is 0 Å². The van der Waals surface area contributed by atoms with Crippen molar-refractivity contribution in [2.24, 2.45) is 5.92 Å². The Labute approximate surface area is 127 Å². The van der Waals surface area contributed by atoms with Crippen molar-refractivity contribution in [1.82, 2.24) is 15.1 Å². The minimum Gasteiger partial charge on any atom is -0.353 e. The summed E-state index contributed by atoms with van der Waals surface area (Å²) in [6.07, 6.45) is 10.7. The van der Waals surface area contributed by atoms with Crippen LogP contribution in [0.2, 0.25) is 0 Å². The summed E-state index contributed by atoms with van der Waals surface area (Å²) < 4.78 is 0. The average Bonchev–Trinajstić information content (AvgIpc) is 2.45. The Morgan fingerprint density at radius 2 is 2.00 bits per heavy atom.